The number of carbonyl (C=O) groups is 3. The number of fused-ring (bicyclic) bond motifs is 1. The monoisotopic (exact) mass is 522 g/mol. The number of amides is 3. The molecule has 4 aromatic carbocycles. The van der Waals surface area contributed by atoms with Crippen molar-refractivity contribution in [1.29, 1.82) is 0 Å². The molecule has 4 aromatic rings. The smallest absolute Gasteiger partial charge is 0.294 e. The van der Waals surface area contributed by atoms with Crippen LogP contribution in [0.2, 0.25) is 0 Å². The van der Waals surface area contributed by atoms with E-state index in [-0.39, 0.29) is 11.4 Å². The first-order chi connectivity index (χ1) is 18.4. The van der Waals surface area contributed by atoms with Gasteiger partial charge in [0.25, 0.3) is 11.1 Å². The topological polar surface area (TPSA) is 75.7 Å². The number of para-hydroxylation sites is 1. The highest BCUT2D eigenvalue weighted by atomic mass is 32.2. The molecule has 0 aliphatic carbocycles. The molecule has 6 nitrogen and oxygen atoms in total. The third-order valence-corrected chi connectivity index (χ3v) is 7.00. The maximum Gasteiger partial charge on any atom is 0.294 e. The molecule has 0 atom stereocenters. The number of anilines is 1. The predicted molar refractivity (Wildman–Crippen MR) is 152 cm³/mol. The van der Waals surface area contributed by atoms with Crippen LogP contribution < -0.4 is 10.1 Å². The van der Waals surface area contributed by atoms with Crippen molar-refractivity contribution in [2.24, 2.45) is 0 Å². The van der Waals surface area contributed by atoms with Gasteiger partial charge in [-0.1, -0.05) is 60.7 Å². The highest BCUT2D eigenvalue weighted by Crippen LogP contribution is 2.34. The normalized spacial score (nSPS) is 14.4. The molecule has 5 rings (SSSR count). The minimum absolute atomic E-state index is 0.246. The van der Waals surface area contributed by atoms with E-state index in [1.807, 2.05) is 74.5 Å². The minimum atomic E-state index is -0.500. The van der Waals surface area contributed by atoms with Crippen molar-refractivity contribution in [2.75, 3.05) is 11.9 Å². The second-order valence-corrected chi connectivity index (χ2v) is 10.2. The van der Waals surface area contributed by atoms with Gasteiger partial charge in [-0.25, -0.2) is 0 Å². The maximum absolute atomic E-state index is 13.0. The Kier molecular flexibility index (Phi) is 7.29. The van der Waals surface area contributed by atoms with Crippen LogP contribution in [0.25, 0.3) is 16.8 Å². The van der Waals surface area contributed by atoms with Crippen LogP contribution in [0.4, 0.5) is 10.5 Å². The van der Waals surface area contributed by atoms with Crippen molar-refractivity contribution in [2.45, 2.75) is 20.5 Å². The Bertz CT molecular complexity index is 1570. The third kappa shape index (κ3) is 5.79. The van der Waals surface area contributed by atoms with E-state index in [1.54, 1.807) is 6.08 Å². The van der Waals surface area contributed by atoms with Gasteiger partial charge < -0.3 is 10.1 Å². The number of benzene rings is 4. The van der Waals surface area contributed by atoms with E-state index < -0.39 is 17.1 Å². The van der Waals surface area contributed by atoms with E-state index in [2.05, 4.69) is 29.6 Å². The summed E-state index contributed by atoms with van der Waals surface area (Å²) < 4.78 is 6.09. The second-order valence-electron chi connectivity index (χ2n) is 9.20. The van der Waals surface area contributed by atoms with Gasteiger partial charge in [-0.05, 0) is 83.4 Å². The largest absolute Gasteiger partial charge is 0.488 e. The van der Waals surface area contributed by atoms with Gasteiger partial charge in [-0.2, -0.15) is 0 Å². The average Bonchev–Trinajstić information content (AvgIpc) is 3.14. The van der Waals surface area contributed by atoms with Crippen LogP contribution in [0.3, 0.4) is 0 Å². The number of carbonyl (C=O) groups excluding carboxylic acids is 3. The van der Waals surface area contributed by atoms with Crippen molar-refractivity contribution >= 4 is 51.4 Å². The number of hydrogen-bond acceptors (Lipinski definition) is 5. The summed E-state index contributed by atoms with van der Waals surface area (Å²) in [6.07, 6.45) is 1.64. The first kappa shape index (κ1) is 25.3. The number of aryl methyl sites for hydroxylation is 2. The van der Waals surface area contributed by atoms with Crippen molar-refractivity contribution in [3.8, 4) is 5.75 Å². The average molecular weight is 523 g/mol. The quantitative estimate of drug-likeness (QED) is 0.273. The molecule has 0 unspecified atom stereocenters. The number of rotatable bonds is 7. The fraction of sp³-hybridized carbons (Fsp3) is 0.129. The lowest BCUT2D eigenvalue weighted by Crippen LogP contribution is -2.36. The SMILES string of the molecule is Cc1cc(C)cc(NC(=O)CN2C(=O)S/C(=C\c3ccccc3OCc3ccc4ccccc4c3)C2=O)c1. The van der Waals surface area contributed by atoms with Crippen LogP contribution in [-0.2, 0) is 16.2 Å². The maximum atomic E-state index is 13.0. The number of ether oxygens (including phenoxy) is 1. The van der Waals surface area contributed by atoms with Gasteiger partial charge >= 0.3 is 0 Å². The van der Waals surface area contributed by atoms with E-state index in [0.717, 1.165) is 44.1 Å². The van der Waals surface area contributed by atoms with E-state index >= 15 is 0 Å². The molecule has 0 radical (unpaired) electrons. The molecule has 1 fully saturated rings. The van der Waals surface area contributed by atoms with E-state index in [4.69, 9.17) is 4.74 Å². The predicted octanol–water partition coefficient (Wildman–Crippen LogP) is 6.71. The number of thioether (sulfide) groups is 1. The first-order valence-electron chi connectivity index (χ1n) is 12.2. The van der Waals surface area contributed by atoms with Crippen LogP contribution in [-0.4, -0.2) is 28.5 Å². The Balaban J connectivity index is 1.27. The summed E-state index contributed by atoms with van der Waals surface area (Å²) in [5.74, 6) is -0.336. The fourth-order valence-electron chi connectivity index (χ4n) is 4.39. The van der Waals surface area contributed by atoms with Crippen molar-refractivity contribution in [3.63, 3.8) is 0 Å². The van der Waals surface area contributed by atoms with Crippen LogP contribution in [0.5, 0.6) is 5.75 Å². The number of hydrogen-bond donors (Lipinski definition) is 1. The Hall–Kier alpha value is -4.36. The van der Waals surface area contributed by atoms with E-state index in [0.29, 0.717) is 23.6 Å². The lowest BCUT2D eigenvalue weighted by Gasteiger charge is -2.13. The third-order valence-electron chi connectivity index (χ3n) is 6.09. The van der Waals surface area contributed by atoms with Gasteiger partial charge in [0.15, 0.2) is 0 Å². The Morgan fingerprint density at radius 1 is 0.895 bits per heavy atom. The summed E-state index contributed by atoms with van der Waals surface area (Å²) in [5.41, 5.74) is 4.35. The summed E-state index contributed by atoms with van der Waals surface area (Å²) in [5, 5.41) is 4.59. The van der Waals surface area contributed by atoms with Crippen LogP contribution >= 0.6 is 11.8 Å². The van der Waals surface area contributed by atoms with Crippen molar-refractivity contribution in [1.82, 2.24) is 4.90 Å². The first-order valence-corrected chi connectivity index (χ1v) is 13.0. The molecule has 0 saturated carbocycles. The van der Waals surface area contributed by atoms with Crippen LogP contribution in [0.15, 0.2) is 89.8 Å². The Morgan fingerprint density at radius 3 is 2.39 bits per heavy atom. The number of nitrogens with one attached hydrogen (secondary N) is 1. The van der Waals surface area contributed by atoms with Gasteiger partial charge in [-0.3, -0.25) is 19.3 Å². The molecule has 7 heteroatoms. The summed E-state index contributed by atoms with van der Waals surface area (Å²) >= 11 is 0.817. The highest BCUT2D eigenvalue weighted by molar-refractivity contribution is 8.18. The zero-order chi connectivity index (χ0) is 26.6. The molecular weight excluding hydrogens is 496 g/mol. The summed E-state index contributed by atoms with van der Waals surface area (Å²) in [4.78, 5) is 39.4. The van der Waals surface area contributed by atoms with E-state index in [1.165, 1.54) is 0 Å². The second kappa shape index (κ2) is 10.9. The molecule has 0 aromatic heterocycles. The van der Waals surface area contributed by atoms with Gasteiger partial charge in [0.1, 0.15) is 18.9 Å². The molecule has 1 N–H and O–H groups in total. The molecule has 190 valence electrons. The standard InChI is InChI=1S/C31H26N2O4S/c1-20-13-21(2)15-26(14-20)32-29(34)18-33-30(35)28(38-31(33)36)17-25-9-5-6-10-27(25)37-19-22-11-12-23-7-3-4-8-24(23)16-22/h3-17H,18-19H2,1-2H3,(H,32,34)/b28-17-. The van der Waals surface area contributed by atoms with Crippen LogP contribution in [0.1, 0.15) is 22.3 Å². The highest BCUT2D eigenvalue weighted by Gasteiger charge is 2.36. The van der Waals surface area contributed by atoms with Crippen LogP contribution in [0, 0.1) is 13.8 Å². The molecular formula is C31H26N2O4S. The van der Waals surface area contributed by atoms with Crippen molar-refractivity contribution in [3.05, 3.63) is 112 Å². The molecule has 1 aliphatic heterocycles. The number of nitrogens with zero attached hydrogens (tertiary/aromatic N) is 1. The lowest BCUT2D eigenvalue weighted by molar-refractivity contribution is -0.127. The van der Waals surface area contributed by atoms with Crippen molar-refractivity contribution < 1.29 is 19.1 Å². The fourth-order valence-corrected chi connectivity index (χ4v) is 5.22. The zero-order valence-electron chi connectivity index (χ0n) is 21.1. The molecule has 0 spiro atoms. The van der Waals surface area contributed by atoms with E-state index in [9.17, 15) is 14.4 Å². The summed E-state index contributed by atoms with van der Waals surface area (Å²) in [7, 11) is 0. The van der Waals surface area contributed by atoms with Gasteiger partial charge in [0, 0.05) is 11.3 Å². The van der Waals surface area contributed by atoms with Gasteiger partial charge in [0.05, 0.1) is 4.91 Å². The molecule has 1 saturated heterocycles. The minimum Gasteiger partial charge on any atom is -0.488 e. The summed E-state index contributed by atoms with van der Waals surface area (Å²) in [6, 6.07) is 27.4. The number of imide groups is 1. The Morgan fingerprint density at radius 2 is 1.61 bits per heavy atom. The van der Waals surface area contributed by atoms with Gasteiger partial charge in [0.2, 0.25) is 5.91 Å². The van der Waals surface area contributed by atoms with Gasteiger partial charge in [-0.15, -0.1) is 0 Å². The summed E-state index contributed by atoms with van der Waals surface area (Å²) in [6.45, 7) is 3.88. The molecule has 38 heavy (non-hydrogen) atoms. The molecule has 0 bridgehead atoms. The molecule has 1 aliphatic rings. The molecule has 3 amide bonds. The molecule has 1 heterocycles. The Labute approximate surface area is 225 Å². The lowest BCUT2D eigenvalue weighted by atomic mass is 10.1. The zero-order valence-corrected chi connectivity index (χ0v) is 21.9.